The molecule has 4 heterocycles. The molecule has 6 heteroatoms. The highest BCUT2D eigenvalue weighted by Crippen LogP contribution is 2.31. The summed E-state index contributed by atoms with van der Waals surface area (Å²) in [5.41, 5.74) is 4.33. The van der Waals surface area contributed by atoms with Crippen molar-refractivity contribution >= 4 is 11.5 Å². The minimum Gasteiger partial charge on any atom is -0.381 e. The third-order valence-electron chi connectivity index (χ3n) is 6.89. The lowest BCUT2D eigenvalue weighted by molar-refractivity contribution is 0.0235. The van der Waals surface area contributed by atoms with E-state index in [1.165, 1.54) is 18.5 Å². The lowest BCUT2D eigenvalue weighted by Gasteiger charge is -2.39. The number of anilines is 2. The van der Waals surface area contributed by atoms with Crippen molar-refractivity contribution in [3.8, 4) is 11.3 Å². The Morgan fingerprint density at radius 3 is 2.76 bits per heavy atom. The van der Waals surface area contributed by atoms with Gasteiger partial charge in [0.05, 0.1) is 5.69 Å². The first kappa shape index (κ1) is 22.0. The number of likely N-dealkylation sites (tertiary alicyclic amines) is 1. The molecule has 2 aliphatic rings. The van der Waals surface area contributed by atoms with E-state index in [4.69, 9.17) is 14.7 Å². The number of benzene rings is 1. The van der Waals surface area contributed by atoms with Crippen molar-refractivity contribution in [2.45, 2.75) is 51.0 Å². The van der Waals surface area contributed by atoms with Gasteiger partial charge < -0.3 is 10.1 Å². The van der Waals surface area contributed by atoms with Crippen molar-refractivity contribution in [2.75, 3.05) is 31.6 Å². The molecule has 33 heavy (non-hydrogen) atoms. The normalized spacial score (nSPS) is 20.0. The molecule has 0 spiro atoms. The van der Waals surface area contributed by atoms with E-state index < -0.39 is 0 Å². The van der Waals surface area contributed by atoms with Gasteiger partial charge in [0, 0.05) is 61.4 Å². The van der Waals surface area contributed by atoms with Gasteiger partial charge in [0.1, 0.15) is 11.6 Å². The molecular formula is C27H33N5O. The SMILES string of the molecule is CCc1ccccc1Nc1cc(-c2cccnc2)nc([C@@H]2CCCN(C3CCOCC3)C2)n1. The molecule has 0 bridgehead atoms. The Bertz CT molecular complexity index is 1050. The molecule has 0 radical (unpaired) electrons. The number of hydrogen-bond donors (Lipinski definition) is 1. The monoisotopic (exact) mass is 443 g/mol. The van der Waals surface area contributed by atoms with Gasteiger partial charge in [-0.05, 0) is 62.4 Å². The molecule has 1 atom stereocenters. The minimum atomic E-state index is 0.334. The van der Waals surface area contributed by atoms with Crippen LogP contribution in [0.3, 0.4) is 0 Å². The maximum Gasteiger partial charge on any atom is 0.135 e. The molecule has 2 fully saturated rings. The number of pyridine rings is 1. The Morgan fingerprint density at radius 1 is 1.06 bits per heavy atom. The molecule has 0 unspecified atom stereocenters. The summed E-state index contributed by atoms with van der Waals surface area (Å²) < 4.78 is 5.59. The van der Waals surface area contributed by atoms with Crippen molar-refractivity contribution in [1.29, 1.82) is 0 Å². The lowest BCUT2D eigenvalue weighted by Crippen LogP contribution is -2.44. The van der Waals surface area contributed by atoms with Gasteiger partial charge in [-0.15, -0.1) is 0 Å². The first-order valence-electron chi connectivity index (χ1n) is 12.3. The van der Waals surface area contributed by atoms with Crippen LogP contribution in [0.15, 0.2) is 54.9 Å². The Morgan fingerprint density at radius 2 is 1.94 bits per heavy atom. The Balaban J connectivity index is 1.46. The van der Waals surface area contributed by atoms with E-state index >= 15 is 0 Å². The molecule has 172 valence electrons. The second kappa shape index (κ2) is 10.4. The van der Waals surface area contributed by atoms with Gasteiger partial charge in [0.2, 0.25) is 0 Å². The highest BCUT2D eigenvalue weighted by Gasteiger charge is 2.29. The van der Waals surface area contributed by atoms with E-state index in [0.29, 0.717) is 12.0 Å². The number of nitrogens with zero attached hydrogens (tertiary/aromatic N) is 4. The van der Waals surface area contributed by atoms with Crippen LogP contribution in [0.1, 0.15) is 49.9 Å². The highest BCUT2D eigenvalue weighted by atomic mass is 16.5. The van der Waals surface area contributed by atoms with E-state index in [2.05, 4.69) is 52.5 Å². The number of aromatic nitrogens is 3. The summed E-state index contributed by atoms with van der Waals surface area (Å²) in [6.07, 6.45) is 9.22. The molecular weight excluding hydrogens is 410 g/mol. The average molecular weight is 444 g/mol. The van der Waals surface area contributed by atoms with Crippen molar-refractivity contribution in [3.63, 3.8) is 0 Å². The topological polar surface area (TPSA) is 63.2 Å². The van der Waals surface area contributed by atoms with Gasteiger partial charge in [-0.1, -0.05) is 25.1 Å². The van der Waals surface area contributed by atoms with Gasteiger partial charge in [0.25, 0.3) is 0 Å². The van der Waals surface area contributed by atoms with Crippen LogP contribution in [0.5, 0.6) is 0 Å². The van der Waals surface area contributed by atoms with E-state index in [0.717, 1.165) is 74.0 Å². The van der Waals surface area contributed by atoms with E-state index in [1.807, 2.05) is 18.3 Å². The van der Waals surface area contributed by atoms with Gasteiger partial charge in [-0.25, -0.2) is 9.97 Å². The maximum atomic E-state index is 5.59. The number of piperidine rings is 1. The number of rotatable bonds is 6. The standard InChI is InChI=1S/C27H33N5O/c1-2-20-7-3-4-10-24(20)29-26-17-25(21-8-5-13-28-18-21)30-27(31-26)22-9-6-14-32(19-22)23-11-15-33-16-12-23/h3-5,7-8,10,13,17-18,22-23H,2,6,9,11-12,14-16,19H2,1H3,(H,29,30,31)/t22-/m1/s1. The fraction of sp³-hybridized carbons (Fsp3) is 0.444. The largest absolute Gasteiger partial charge is 0.381 e. The third kappa shape index (κ3) is 5.23. The molecule has 3 aromatic rings. The number of aryl methyl sites for hydroxylation is 1. The highest BCUT2D eigenvalue weighted by molar-refractivity contribution is 5.66. The molecule has 5 rings (SSSR count). The Kier molecular flexibility index (Phi) is 6.93. The summed E-state index contributed by atoms with van der Waals surface area (Å²) in [7, 11) is 0. The number of nitrogens with one attached hydrogen (secondary N) is 1. The second-order valence-corrected chi connectivity index (χ2v) is 9.05. The lowest BCUT2D eigenvalue weighted by atomic mass is 9.94. The molecule has 6 nitrogen and oxygen atoms in total. The fourth-order valence-electron chi connectivity index (χ4n) is 5.06. The summed E-state index contributed by atoms with van der Waals surface area (Å²) >= 11 is 0. The van der Waals surface area contributed by atoms with Gasteiger partial charge in [0.15, 0.2) is 0 Å². The summed E-state index contributed by atoms with van der Waals surface area (Å²) in [6.45, 7) is 6.12. The molecule has 0 amide bonds. The van der Waals surface area contributed by atoms with Crippen LogP contribution in [0.4, 0.5) is 11.5 Å². The van der Waals surface area contributed by atoms with Crippen molar-refractivity contribution < 1.29 is 4.74 Å². The summed E-state index contributed by atoms with van der Waals surface area (Å²) in [6, 6.07) is 15.1. The summed E-state index contributed by atoms with van der Waals surface area (Å²) in [4.78, 5) is 17.1. The van der Waals surface area contributed by atoms with E-state index in [-0.39, 0.29) is 0 Å². The minimum absolute atomic E-state index is 0.334. The number of hydrogen-bond acceptors (Lipinski definition) is 6. The zero-order chi connectivity index (χ0) is 22.5. The van der Waals surface area contributed by atoms with Crippen LogP contribution < -0.4 is 5.32 Å². The molecule has 0 aliphatic carbocycles. The van der Waals surface area contributed by atoms with Crippen LogP contribution in [-0.2, 0) is 11.2 Å². The van der Waals surface area contributed by atoms with Gasteiger partial charge in [-0.2, -0.15) is 0 Å². The first-order chi connectivity index (χ1) is 16.3. The van der Waals surface area contributed by atoms with E-state index in [1.54, 1.807) is 6.20 Å². The van der Waals surface area contributed by atoms with E-state index in [9.17, 15) is 0 Å². The number of ether oxygens (including phenoxy) is 1. The van der Waals surface area contributed by atoms with Crippen LogP contribution in [0.2, 0.25) is 0 Å². The van der Waals surface area contributed by atoms with Gasteiger partial charge >= 0.3 is 0 Å². The van der Waals surface area contributed by atoms with Crippen LogP contribution in [0.25, 0.3) is 11.3 Å². The average Bonchev–Trinajstić information content (AvgIpc) is 2.90. The first-order valence-corrected chi connectivity index (χ1v) is 12.3. The zero-order valence-corrected chi connectivity index (χ0v) is 19.4. The molecule has 1 N–H and O–H groups in total. The van der Waals surface area contributed by atoms with Crippen molar-refractivity contribution in [1.82, 2.24) is 19.9 Å². The van der Waals surface area contributed by atoms with Crippen molar-refractivity contribution in [2.24, 2.45) is 0 Å². The van der Waals surface area contributed by atoms with Crippen LogP contribution in [0, 0.1) is 0 Å². The molecule has 2 aliphatic heterocycles. The predicted octanol–water partition coefficient (Wildman–Crippen LogP) is 5.20. The Labute approximate surface area is 196 Å². The number of para-hydroxylation sites is 1. The predicted molar refractivity (Wildman–Crippen MR) is 132 cm³/mol. The Hall–Kier alpha value is -2.83. The van der Waals surface area contributed by atoms with Gasteiger partial charge in [-0.3, -0.25) is 9.88 Å². The zero-order valence-electron chi connectivity index (χ0n) is 19.4. The molecule has 2 saturated heterocycles. The molecule has 1 aromatic carbocycles. The molecule has 0 saturated carbocycles. The van der Waals surface area contributed by atoms with Crippen molar-refractivity contribution in [3.05, 3.63) is 66.2 Å². The quantitative estimate of drug-likeness (QED) is 0.565. The molecule has 2 aromatic heterocycles. The van der Waals surface area contributed by atoms with Crippen LogP contribution >= 0.6 is 0 Å². The maximum absolute atomic E-state index is 5.59. The smallest absolute Gasteiger partial charge is 0.135 e. The third-order valence-corrected chi connectivity index (χ3v) is 6.89. The second-order valence-electron chi connectivity index (χ2n) is 9.05. The summed E-state index contributed by atoms with van der Waals surface area (Å²) in [5.74, 6) is 2.12. The van der Waals surface area contributed by atoms with Crippen LogP contribution in [-0.4, -0.2) is 52.2 Å². The fourth-order valence-corrected chi connectivity index (χ4v) is 5.06. The summed E-state index contributed by atoms with van der Waals surface area (Å²) in [5, 5.41) is 3.59.